The number of pyridine rings is 1. The van der Waals surface area contributed by atoms with Crippen molar-refractivity contribution in [3.05, 3.63) is 18.3 Å². The van der Waals surface area contributed by atoms with Gasteiger partial charge in [-0.25, -0.2) is 4.98 Å². The Morgan fingerprint density at radius 1 is 1.35 bits per heavy atom. The number of amides is 1. The molecule has 1 aliphatic heterocycles. The number of aromatic nitrogens is 1. The van der Waals surface area contributed by atoms with Crippen LogP contribution in [0.4, 0.5) is 5.82 Å². The highest BCUT2D eigenvalue weighted by molar-refractivity contribution is 5.78. The summed E-state index contributed by atoms with van der Waals surface area (Å²) in [7, 11) is 0. The number of piperazine rings is 1. The molecule has 5 nitrogen and oxygen atoms in total. The molecule has 1 N–H and O–H groups in total. The van der Waals surface area contributed by atoms with Gasteiger partial charge in [-0.1, -0.05) is 20.3 Å². The maximum atomic E-state index is 12.2. The van der Waals surface area contributed by atoms with Crippen molar-refractivity contribution >= 4 is 11.7 Å². The Bertz CT molecular complexity index is 439. The van der Waals surface area contributed by atoms with Gasteiger partial charge in [0.25, 0.3) is 0 Å². The fourth-order valence-electron chi connectivity index (χ4n) is 2.59. The molecule has 0 aromatic carbocycles. The quantitative estimate of drug-likeness (QED) is 0.913. The zero-order valence-corrected chi connectivity index (χ0v) is 12.2. The van der Waals surface area contributed by atoms with Crippen LogP contribution in [0.25, 0.3) is 0 Å². The molecule has 1 aromatic heterocycles. The van der Waals surface area contributed by atoms with Crippen LogP contribution < -0.4 is 4.90 Å². The third kappa shape index (κ3) is 3.40. The first-order valence-electron chi connectivity index (χ1n) is 7.30. The standard InChI is InChI=1S/C15H23N3O2/c1-3-4-12(2)15(20)18-9-7-17(8-10-18)14-6-5-13(19)11-16-14/h5-6,11-12,19H,3-4,7-10H2,1-2H3. The van der Waals surface area contributed by atoms with Gasteiger partial charge in [0.1, 0.15) is 11.6 Å². The number of rotatable bonds is 4. The smallest absolute Gasteiger partial charge is 0.225 e. The Morgan fingerprint density at radius 3 is 2.60 bits per heavy atom. The molecule has 1 atom stereocenters. The Morgan fingerprint density at radius 2 is 2.05 bits per heavy atom. The Labute approximate surface area is 120 Å². The van der Waals surface area contributed by atoms with E-state index in [9.17, 15) is 9.90 Å². The first-order valence-corrected chi connectivity index (χ1v) is 7.30. The van der Waals surface area contributed by atoms with E-state index in [4.69, 9.17) is 0 Å². The minimum Gasteiger partial charge on any atom is -0.506 e. The number of hydrogen-bond acceptors (Lipinski definition) is 4. The van der Waals surface area contributed by atoms with E-state index in [0.29, 0.717) is 0 Å². The summed E-state index contributed by atoms with van der Waals surface area (Å²) in [6.45, 7) is 7.20. The molecule has 1 aromatic rings. The molecular weight excluding hydrogens is 254 g/mol. The average molecular weight is 277 g/mol. The second-order valence-corrected chi connectivity index (χ2v) is 5.38. The molecule has 0 aliphatic carbocycles. The summed E-state index contributed by atoms with van der Waals surface area (Å²) in [5.74, 6) is 1.43. The number of aromatic hydroxyl groups is 1. The van der Waals surface area contributed by atoms with Crippen LogP contribution in [0.2, 0.25) is 0 Å². The molecule has 20 heavy (non-hydrogen) atoms. The summed E-state index contributed by atoms with van der Waals surface area (Å²) in [4.78, 5) is 20.5. The van der Waals surface area contributed by atoms with Gasteiger partial charge in [-0.2, -0.15) is 0 Å². The van der Waals surface area contributed by atoms with Crippen molar-refractivity contribution in [3.8, 4) is 5.75 Å². The van der Waals surface area contributed by atoms with Crippen molar-refractivity contribution in [1.29, 1.82) is 0 Å². The number of carbonyl (C=O) groups is 1. The fourth-order valence-corrected chi connectivity index (χ4v) is 2.59. The molecule has 110 valence electrons. The number of carbonyl (C=O) groups excluding carboxylic acids is 1. The maximum Gasteiger partial charge on any atom is 0.225 e. The molecule has 5 heteroatoms. The van der Waals surface area contributed by atoms with Crippen LogP contribution >= 0.6 is 0 Å². The van der Waals surface area contributed by atoms with Crippen molar-refractivity contribution in [2.24, 2.45) is 5.92 Å². The predicted molar refractivity (Wildman–Crippen MR) is 78.8 cm³/mol. The SMILES string of the molecule is CCCC(C)C(=O)N1CCN(c2ccc(O)cn2)CC1. The van der Waals surface area contributed by atoms with Crippen molar-refractivity contribution in [2.45, 2.75) is 26.7 Å². The lowest BCUT2D eigenvalue weighted by Gasteiger charge is -2.36. The van der Waals surface area contributed by atoms with E-state index < -0.39 is 0 Å². The summed E-state index contributed by atoms with van der Waals surface area (Å²) < 4.78 is 0. The van der Waals surface area contributed by atoms with Crippen LogP contribution in [0.5, 0.6) is 5.75 Å². The summed E-state index contributed by atoms with van der Waals surface area (Å²) in [5.41, 5.74) is 0. The van der Waals surface area contributed by atoms with Gasteiger partial charge >= 0.3 is 0 Å². The van der Waals surface area contributed by atoms with Crippen LogP contribution in [-0.2, 0) is 4.79 Å². The van der Waals surface area contributed by atoms with E-state index in [1.165, 1.54) is 6.20 Å². The highest BCUT2D eigenvalue weighted by Crippen LogP contribution is 2.18. The van der Waals surface area contributed by atoms with Crippen molar-refractivity contribution < 1.29 is 9.90 Å². The van der Waals surface area contributed by atoms with E-state index in [0.717, 1.165) is 44.8 Å². The monoisotopic (exact) mass is 277 g/mol. The van der Waals surface area contributed by atoms with Crippen molar-refractivity contribution in [2.75, 3.05) is 31.1 Å². The van der Waals surface area contributed by atoms with Gasteiger partial charge in [0.05, 0.1) is 6.20 Å². The van der Waals surface area contributed by atoms with Gasteiger partial charge in [0, 0.05) is 32.1 Å². The van der Waals surface area contributed by atoms with E-state index in [1.54, 1.807) is 6.07 Å². The summed E-state index contributed by atoms with van der Waals surface area (Å²) in [6, 6.07) is 3.45. The molecule has 0 spiro atoms. The van der Waals surface area contributed by atoms with Gasteiger partial charge < -0.3 is 14.9 Å². The zero-order valence-electron chi connectivity index (χ0n) is 12.2. The summed E-state index contributed by atoms with van der Waals surface area (Å²) in [5, 5.41) is 9.25. The summed E-state index contributed by atoms with van der Waals surface area (Å²) in [6.07, 6.45) is 3.46. The minimum absolute atomic E-state index is 0.123. The van der Waals surface area contributed by atoms with Crippen LogP contribution in [0, 0.1) is 5.92 Å². The fraction of sp³-hybridized carbons (Fsp3) is 0.600. The third-order valence-electron chi connectivity index (χ3n) is 3.79. The van der Waals surface area contributed by atoms with Gasteiger partial charge in [0.15, 0.2) is 0 Å². The van der Waals surface area contributed by atoms with Crippen LogP contribution in [0.3, 0.4) is 0 Å². The lowest BCUT2D eigenvalue weighted by Crippen LogP contribution is -2.50. The minimum atomic E-state index is 0.123. The van der Waals surface area contributed by atoms with Gasteiger partial charge in [-0.3, -0.25) is 4.79 Å². The van der Waals surface area contributed by atoms with E-state index >= 15 is 0 Å². The molecule has 1 saturated heterocycles. The Hall–Kier alpha value is -1.78. The van der Waals surface area contributed by atoms with Crippen LogP contribution in [0.15, 0.2) is 18.3 Å². The largest absolute Gasteiger partial charge is 0.506 e. The molecule has 1 fully saturated rings. The summed E-state index contributed by atoms with van der Waals surface area (Å²) >= 11 is 0. The molecule has 2 heterocycles. The normalized spacial score (nSPS) is 17.1. The maximum absolute atomic E-state index is 12.2. The highest BCUT2D eigenvalue weighted by atomic mass is 16.3. The lowest BCUT2D eigenvalue weighted by atomic mass is 10.0. The first-order chi connectivity index (χ1) is 9.61. The molecule has 0 saturated carbocycles. The van der Waals surface area contributed by atoms with Crippen molar-refractivity contribution in [3.63, 3.8) is 0 Å². The third-order valence-corrected chi connectivity index (χ3v) is 3.79. The van der Waals surface area contributed by atoms with Gasteiger partial charge in [-0.05, 0) is 18.6 Å². The van der Waals surface area contributed by atoms with Gasteiger partial charge in [-0.15, -0.1) is 0 Å². The Kier molecular flexibility index (Phi) is 4.82. The number of anilines is 1. The molecule has 0 bridgehead atoms. The molecule has 1 unspecified atom stereocenters. The molecule has 1 amide bonds. The molecular formula is C15H23N3O2. The Balaban J connectivity index is 1.89. The van der Waals surface area contributed by atoms with Crippen LogP contribution in [-0.4, -0.2) is 47.1 Å². The second kappa shape index (κ2) is 6.59. The highest BCUT2D eigenvalue weighted by Gasteiger charge is 2.24. The molecule has 0 radical (unpaired) electrons. The average Bonchev–Trinajstić information content (AvgIpc) is 2.48. The topological polar surface area (TPSA) is 56.7 Å². The van der Waals surface area contributed by atoms with E-state index in [2.05, 4.69) is 16.8 Å². The lowest BCUT2D eigenvalue weighted by molar-refractivity contribution is -0.135. The second-order valence-electron chi connectivity index (χ2n) is 5.38. The first kappa shape index (κ1) is 14.6. The van der Waals surface area contributed by atoms with Crippen molar-refractivity contribution in [1.82, 2.24) is 9.88 Å². The van der Waals surface area contributed by atoms with Gasteiger partial charge in [0.2, 0.25) is 5.91 Å². The number of hydrogen-bond donors (Lipinski definition) is 1. The molecule has 1 aliphatic rings. The van der Waals surface area contributed by atoms with E-state index in [-0.39, 0.29) is 17.6 Å². The van der Waals surface area contributed by atoms with E-state index in [1.807, 2.05) is 17.9 Å². The zero-order chi connectivity index (χ0) is 14.5. The number of nitrogens with zero attached hydrogens (tertiary/aromatic N) is 3. The predicted octanol–water partition coefficient (Wildman–Crippen LogP) is 1.87. The molecule has 2 rings (SSSR count). The van der Waals surface area contributed by atoms with Crippen LogP contribution in [0.1, 0.15) is 26.7 Å².